The average molecular weight is 288 g/mol. The van der Waals surface area contributed by atoms with Crippen LogP contribution in [0.4, 0.5) is 5.95 Å². The van der Waals surface area contributed by atoms with Crippen molar-refractivity contribution >= 4 is 22.9 Å². The summed E-state index contributed by atoms with van der Waals surface area (Å²) in [5.41, 5.74) is 7.47. The van der Waals surface area contributed by atoms with Gasteiger partial charge in [0.1, 0.15) is 6.10 Å². The van der Waals surface area contributed by atoms with Crippen molar-refractivity contribution in [3.63, 3.8) is 0 Å². The van der Waals surface area contributed by atoms with Crippen LogP contribution in [0.15, 0.2) is 24.3 Å². The molecule has 1 fully saturated rings. The van der Waals surface area contributed by atoms with Crippen LogP contribution in [-0.2, 0) is 16.1 Å². The number of fused-ring (bicyclic) bond motifs is 1. The second kappa shape index (κ2) is 5.83. The fraction of sp³-hybridized carbons (Fsp3) is 0.467. The summed E-state index contributed by atoms with van der Waals surface area (Å²) in [5.74, 6) is 0.430. The predicted molar refractivity (Wildman–Crippen MR) is 81.0 cm³/mol. The number of hydrogen-bond donors (Lipinski definition) is 2. The number of rotatable bonds is 4. The van der Waals surface area contributed by atoms with E-state index in [0.717, 1.165) is 24.0 Å². The van der Waals surface area contributed by atoms with Gasteiger partial charge in [-0.3, -0.25) is 10.1 Å². The first-order chi connectivity index (χ1) is 10.2. The molecule has 1 aliphatic rings. The third kappa shape index (κ3) is 2.64. The molecule has 1 saturated heterocycles. The average Bonchev–Trinajstić information content (AvgIpc) is 3.11. The molecule has 1 aromatic heterocycles. The first kappa shape index (κ1) is 14.0. The van der Waals surface area contributed by atoms with Crippen molar-refractivity contribution in [1.82, 2.24) is 9.55 Å². The van der Waals surface area contributed by atoms with Gasteiger partial charge in [0.15, 0.2) is 0 Å². The quantitative estimate of drug-likeness (QED) is 0.893. The molecule has 0 saturated carbocycles. The Bertz CT molecular complexity index is 652. The lowest BCUT2D eigenvalue weighted by Gasteiger charge is -2.13. The fourth-order valence-electron chi connectivity index (χ4n) is 2.75. The van der Waals surface area contributed by atoms with Crippen LogP contribution in [0.3, 0.4) is 0 Å². The van der Waals surface area contributed by atoms with Crippen LogP contribution in [0.2, 0.25) is 0 Å². The summed E-state index contributed by atoms with van der Waals surface area (Å²) in [6.45, 7) is 3.23. The van der Waals surface area contributed by atoms with E-state index in [9.17, 15) is 4.79 Å². The molecule has 3 rings (SSSR count). The van der Waals surface area contributed by atoms with E-state index in [0.29, 0.717) is 18.9 Å². The summed E-state index contributed by atoms with van der Waals surface area (Å²) >= 11 is 0. The van der Waals surface area contributed by atoms with E-state index in [1.165, 1.54) is 0 Å². The van der Waals surface area contributed by atoms with Crippen molar-refractivity contribution in [1.29, 1.82) is 0 Å². The summed E-state index contributed by atoms with van der Waals surface area (Å²) in [6, 6.07) is 7.84. The summed E-state index contributed by atoms with van der Waals surface area (Å²) in [5, 5.41) is 2.88. The maximum atomic E-state index is 12.3. The zero-order chi connectivity index (χ0) is 14.8. The first-order valence-corrected chi connectivity index (χ1v) is 7.34. The van der Waals surface area contributed by atoms with Gasteiger partial charge in [0.25, 0.3) is 5.91 Å². The largest absolute Gasteiger partial charge is 0.364 e. The van der Waals surface area contributed by atoms with E-state index in [4.69, 9.17) is 10.5 Å². The molecular formula is C15H20N4O2. The van der Waals surface area contributed by atoms with Crippen LogP contribution in [0.1, 0.15) is 19.8 Å². The number of nitrogens with one attached hydrogen (secondary N) is 1. The van der Waals surface area contributed by atoms with Gasteiger partial charge in [0.05, 0.1) is 17.1 Å². The zero-order valence-corrected chi connectivity index (χ0v) is 12.1. The molecule has 1 amide bonds. The van der Waals surface area contributed by atoms with Crippen molar-refractivity contribution in [2.24, 2.45) is 5.73 Å². The molecule has 21 heavy (non-hydrogen) atoms. The number of amides is 1. The predicted octanol–water partition coefficient (Wildman–Crippen LogP) is 1.50. The molecule has 2 aromatic rings. The lowest BCUT2D eigenvalue weighted by atomic mass is 10.2. The fourth-order valence-corrected chi connectivity index (χ4v) is 2.75. The highest BCUT2D eigenvalue weighted by Gasteiger charge is 2.30. The SMILES string of the molecule is CCn1c(NC(=O)[C@@H]2CC[C@H](CN)O2)nc2ccccc21. The maximum absolute atomic E-state index is 12.3. The second-order valence-electron chi connectivity index (χ2n) is 5.22. The highest BCUT2D eigenvalue weighted by molar-refractivity contribution is 5.94. The smallest absolute Gasteiger partial charge is 0.255 e. The van der Waals surface area contributed by atoms with Crippen molar-refractivity contribution < 1.29 is 9.53 Å². The molecule has 112 valence electrons. The zero-order valence-electron chi connectivity index (χ0n) is 12.1. The summed E-state index contributed by atoms with van der Waals surface area (Å²) in [4.78, 5) is 16.8. The third-order valence-electron chi connectivity index (χ3n) is 3.87. The molecular weight excluding hydrogens is 268 g/mol. The van der Waals surface area contributed by atoms with E-state index in [2.05, 4.69) is 10.3 Å². The van der Waals surface area contributed by atoms with Gasteiger partial charge < -0.3 is 15.0 Å². The molecule has 0 radical (unpaired) electrons. The minimum atomic E-state index is -0.427. The number of hydrogen-bond acceptors (Lipinski definition) is 4. The Balaban J connectivity index is 1.80. The third-order valence-corrected chi connectivity index (χ3v) is 3.87. The van der Waals surface area contributed by atoms with Crippen LogP contribution >= 0.6 is 0 Å². The van der Waals surface area contributed by atoms with Gasteiger partial charge in [0.2, 0.25) is 5.95 Å². The minimum absolute atomic E-state index is 0.00857. The molecule has 0 spiro atoms. The number of anilines is 1. The van der Waals surface area contributed by atoms with Gasteiger partial charge in [-0.05, 0) is 31.9 Å². The standard InChI is InChI=1S/C15H20N4O2/c1-2-19-12-6-4-3-5-11(12)17-15(19)18-14(20)13-8-7-10(9-16)21-13/h3-6,10,13H,2,7-9,16H2,1H3,(H,17,18,20)/t10-,13+/m1/s1. The molecule has 2 atom stereocenters. The number of nitrogens with zero attached hydrogens (tertiary/aromatic N) is 2. The molecule has 3 N–H and O–H groups in total. The normalized spacial score (nSPS) is 21.8. The number of benzene rings is 1. The number of carbonyl (C=O) groups is 1. The van der Waals surface area contributed by atoms with Crippen molar-refractivity contribution in [3.8, 4) is 0 Å². The Morgan fingerprint density at radius 1 is 1.48 bits per heavy atom. The van der Waals surface area contributed by atoms with Crippen molar-refractivity contribution in [2.45, 2.75) is 38.5 Å². The Kier molecular flexibility index (Phi) is 3.90. The number of aryl methyl sites for hydroxylation is 1. The van der Waals surface area contributed by atoms with Crippen LogP contribution in [0, 0.1) is 0 Å². The second-order valence-corrected chi connectivity index (χ2v) is 5.22. The Hall–Kier alpha value is -1.92. The van der Waals surface area contributed by atoms with Gasteiger partial charge in [-0.2, -0.15) is 0 Å². The van der Waals surface area contributed by atoms with Gasteiger partial charge in [-0.25, -0.2) is 4.98 Å². The highest BCUT2D eigenvalue weighted by Crippen LogP contribution is 2.22. The molecule has 1 aliphatic heterocycles. The number of nitrogens with two attached hydrogens (primary N) is 1. The van der Waals surface area contributed by atoms with E-state index in [-0.39, 0.29) is 12.0 Å². The van der Waals surface area contributed by atoms with Crippen LogP contribution < -0.4 is 11.1 Å². The van der Waals surface area contributed by atoms with E-state index >= 15 is 0 Å². The van der Waals surface area contributed by atoms with Crippen LogP contribution in [0.25, 0.3) is 11.0 Å². The van der Waals surface area contributed by atoms with Crippen LogP contribution in [-0.4, -0.2) is 34.2 Å². The molecule has 0 aliphatic carbocycles. The number of carbonyl (C=O) groups excluding carboxylic acids is 1. The summed E-state index contributed by atoms with van der Waals surface area (Å²) in [6.07, 6.45) is 1.10. The number of imidazole rings is 1. The minimum Gasteiger partial charge on any atom is -0.364 e. The number of aromatic nitrogens is 2. The summed E-state index contributed by atoms with van der Waals surface area (Å²) < 4.78 is 7.61. The molecule has 2 heterocycles. The molecule has 1 aromatic carbocycles. The topological polar surface area (TPSA) is 82.2 Å². The lowest BCUT2D eigenvalue weighted by molar-refractivity contribution is -0.126. The van der Waals surface area contributed by atoms with Crippen molar-refractivity contribution in [2.75, 3.05) is 11.9 Å². The van der Waals surface area contributed by atoms with E-state index in [1.54, 1.807) is 0 Å². The highest BCUT2D eigenvalue weighted by atomic mass is 16.5. The molecule has 0 unspecified atom stereocenters. The Labute approximate surface area is 123 Å². The van der Waals surface area contributed by atoms with E-state index < -0.39 is 6.10 Å². The Morgan fingerprint density at radius 3 is 3.00 bits per heavy atom. The van der Waals surface area contributed by atoms with Gasteiger partial charge >= 0.3 is 0 Å². The van der Waals surface area contributed by atoms with Gasteiger partial charge in [-0.1, -0.05) is 12.1 Å². The Morgan fingerprint density at radius 2 is 2.29 bits per heavy atom. The molecule has 6 heteroatoms. The maximum Gasteiger partial charge on any atom is 0.255 e. The summed E-state index contributed by atoms with van der Waals surface area (Å²) in [7, 11) is 0. The van der Waals surface area contributed by atoms with Gasteiger partial charge in [-0.15, -0.1) is 0 Å². The lowest BCUT2D eigenvalue weighted by Crippen LogP contribution is -2.30. The van der Waals surface area contributed by atoms with Gasteiger partial charge in [0, 0.05) is 13.1 Å². The molecule has 0 bridgehead atoms. The first-order valence-electron chi connectivity index (χ1n) is 7.34. The van der Waals surface area contributed by atoms with Crippen LogP contribution in [0.5, 0.6) is 0 Å². The van der Waals surface area contributed by atoms with Crippen molar-refractivity contribution in [3.05, 3.63) is 24.3 Å². The number of ether oxygens (including phenoxy) is 1. The number of para-hydroxylation sites is 2. The van der Waals surface area contributed by atoms with E-state index in [1.807, 2.05) is 35.8 Å². The monoisotopic (exact) mass is 288 g/mol. The molecule has 6 nitrogen and oxygen atoms in total.